The highest BCUT2D eigenvalue weighted by atomic mass is 32.1. The van der Waals surface area contributed by atoms with Crippen molar-refractivity contribution in [1.82, 2.24) is 40.2 Å². The Morgan fingerprint density at radius 2 is 1.05 bits per heavy atom. The molecule has 6 aliphatic heterocycles. The van der Waals surface area contributed by atoms with Gasteiger partial charge in [-0.1, -0.05) is 43.2 Å². The normalized spacial score (nSPS) is 17.3. The first-order valence-electron chi connectivity index (χ1n) is 41.0. The van der Waals surface area contributed by atoms with Gasteiger partial charge in [-0.15, -0.1) is 0 Å². The van der Waals surface area contributed by atoms with E-state index in [-0.39, 0.29) is 106 Å². The smallest absolute Gasteiger partial charge is 0.417 e. The fourth-order valence-corrected chi connectivity index (χ4v) is 17.6. The number of rotatable bonds is 23. The number of alkyl halides is 3. The van der Waals surface area contributed by atoms with E-state index in [1.54, 1.807) is 78.5 Å². The fourth-order valence-electron chi connectivity index (χ4n) is 16.6. The summed E-state index contributed by atoms with van der Waals surface area (Å²) in [4.78, 5) is 127. The summed E-state index contributed by atoms with van der Waals surface area (Å²) >= 11 is 11.1. The van der Waals surface area contributed by atoms with Crippen molar-refractivity contribution in [2.24, 2.45) is 24.1 Å². The van der Waals surface area contributed by atoms with Crippen LogP contribution in [-0.2, 0) is 39.4 Å². The topological polar surface area (TPSA) is 370 Å². The number of halogens is 7. The molecule has 38 heteroatoms. The summed E-state index contributed by atoms with van der Waals surface area (Å²) < 4.78 is 104. The zero-order chi connectivity index (χ0) is 93.3. The van der Waals surface area contributed by atoms with Crippen molar-refractivity contribution in [1.29, 1.82) is 5.26 Å². The van der Waals surface area contributed by atoms with Gasteiger partial charge in [-0.2, -0.15) is 28.6 Å². The van der Waals surface area contributed by atoms with Crippen molar-refractivity contribution in [2.45, 2.75) is 127 Å². The number of nitrogens with one attached hydrogen (secondary N) is 5. The average Bonchev–Trinajstić information content (AvgIpc) is 1.50. The average molecular weight is 1810 g/mol. The molecule has 2 fully saturated rings. The summed E-state index contributed by atoms with van der Waals surface area (Å²) in [7, 11) is 3.58. The number of aromatic nitrogens is 6. The number of amides is 5. The van der Waals surface area contributed by atoms with Gasteiger partial charge in [0.2, 0.25) is 5.91 Å². The van der Waals surface area contributed by atoms with E-state index in [0.717, 1.165) is 33.9 Å². The summed E-state index contributed by atoms with van der Waals surface area (Å²) in [5, 5.41) is 41.2. The number of benzene rings is 8. The van der Waals surface area contributed by atoms with Crippen LogP contribution in [0.25, 0.3) is 4.85 Å². The van der Waals surface area contributed by atoms with Gasteiger partial charge >= 0.3 is 12.1 Å². The number of thiocarbonyl (C=S) groups is 2. The molecule has 29 nitrogen and oxygen atoms in total. The van der Waals surface area contributed by atoms with Crippen LogP contribution in [0.2, 0.25) is 0 Å². The summed E-state index contributed by atoms with van der Waals surface area (Å²) in [5.74, 6) is -5.94. The molecule has 5 amide bonds. The van der Waals surface area contributed by atoms with Crippen molar-refractivity contribution in [3.63, 3.8) is 0 Å². The second-order valence-corrected chi connectivity index (χ2v) is 33.2. The van der Waals surface area contributed by atoms with Gasteiger partial charge in [0, 0.05) is 102 Å². The lowest BCUT2D eigenvalue weighted by Gasteiger charge is -2.37. The Kier molecular flexibility index (Phi) is 26.2. The first kappa shape index (κ1) is 91.4. The first-order valence-corrected chi connectivity index (χ1v) is 41.8. The molecule has 6 aliphatic rings. The molecule has 16 rings (SSSR count). The van der Waals surface area contributed by atoms with E-state index in [4.69, 9.17) is 41.8 Å². The molecule has 130 heavy (non-hydrogen) atoms. The Balaban J connectivity index is 0.000000177. The van der Waals surface area contributed by atoms with Gasteiger partial charge in [-0.25, -0.2) is 32.4 Å². The molecule has 8 aromatic carbocycles. The molecular formula is C92H83F7N20O9S2. The molecule has 8 heterocycles. The van der Waals surface area contributed by atoms with Gasteiger partial charge in [-0.3, -0.25) is 67.5 Å². The Labute approximate surface area is 750 Å². The van der Waals surface area contributed by atoms with Crippen LogP contribution in [0.4, 0.5) is 81.9 Å². The minimum absolute atomic E-state index is 0.00592. The van der Waals surface area contributed by atoms with Crippen LogP contribution >= 0.6 is 24.4 Å². The predicted octanol–water partition coefficient (Wildman–Crippen LogP) is 15.2. The molecule has 0 radical (unpaired) electrons. The van der Waals surface area contributed by atoms with Gasteiger partial charge < -0.3 is 47.2 Å². The molecule has 4 atom stereocenters. The molecular weight excluding hydrogens is 1730 g/mol. The number of anilines is 8. The number of nitriles is 1. The Morgan fingerprint density at radius 3 is 1.47 bits per heavy atom. The van der Waals surface area contributed by atoms with Crippen LogP contribution in [0.1, 0.15) is 195 Å². The van der Waals surface area contributed by atoms with Gasteiger partial charge in [0.05, 0.1) is 75.9 Å². The maximum absolute atomic E-state index is 15.5. The second-order valence-electron chi connectivity index (χ2n) is 32.4. The summed E-state index contributed by atoms with van der Waals surface area (Å²) in [6.45, 7) is 15.7. The lowest BCUT2D eigenvalue weighted by Crippen LogP contribution is -2.44. The lowest BCUT2D eigenvalue weighted by atomic mass is 9.78. The van der Waals surface area contributed by atoms with E-state index in [0.29, 0.717) is 131 Å². The maximum Gasteiger partial charge on any atom is 0.417 e. The number of ketones is 2. The summed E-state index contributed by atoms with van der Waals surface area (Å²) in [6.07, 6.45) is 1.60. The Bertz CT molecular complexity index is 6460. The van der Waals surface area contributed by atoms with Gasteiger partial charge in [0.1, 0.15) is 71.7 Å². The SMILES string of the molecule is Cn1ncnc1[C@@H]1C2=NCC(=O)c3cc(F)cc(c32)N[C@H]1c1ccc(N)cc1.Cn1ncnc1[C@@H]1C2=NCC(=O)c3cc(F)cc(c32)N[C@H]1c1ccc(NC(=O)CCCCCNC(=O)c2ccc(N3C(=S)N(c4ccc(C#N)c(C(F)(F)F)c4)C(=O)C3(C)C)cc2F)cc1.[C-]#[N+]c1ccc(N2C(=O)C(C)(C)N(c3ccc(C(=O)NCCCCCC(=O)O)c(F)c3)C2=S)cc1C. The van der Waals surface area contributed by atoms with Crippen molar-refractivity contribution >= 4 is 144 Å². The number of carbonyl (C=O) groups excluding carboxylic acids is 7. The number of aliphatic carboxylic acids is 1. The standard InChI is InChI=1S/C46H39F5N10O4S.C26H27FN4O4S.C20H17FN6O/c1-45(2)43(65)60(28-13-10-25(21-52)32(19-28)46(49,50)51)44(66)61(45)29-14-15-30(33(48)20-29)42(64)53-16-6-4-5-7-36(63)57-27-11-8-24(9-12-27)39-38(41-55-23-56-59(41)3)40-37-31(35(62)22-54-40)17-26(47)18-34(37)58-39;1-16-14-17(10-12-21(16)28-4)30-24(35)26(2,3)31(25(30)36)18-9-11-19(20(27)15-18)23(34)29-13-7-5-6-8-22(32)33;1-27-20(24-9-25-27)17-18(10-2-4-12(22)5-3-10)26-14-7-11(21)6-13-15(28)8-23-19(17)16(13)14/h8-15,17-20,23,38-39,58H,4-7,16,22H2,1-3H3,(H,53,64)(H,57,63);9-12,14-15H,5-8,13H2,1-3H3,(H,29,34)(H,32,33);2-7,9,17-18,26H,8,22H2,1H3/t38-,39-;;17-,18-/m0.0/s1. The van der Waals surface area contributed by atoms with Gasteiger partial charge in [-0.05, 0) is 217 Å². The molecule has 0 saturated carbocycles. The van der Waals surface area contributed by atoms with E-state index >= 15 is 4.39 Å². The summed E-state index contributed by atoms with van der Waals surface area (Å²) in [5.41, 5.74) is 10.00. The third-order valence-corrected chi connectivity index (χ3v) is 23.8. The Hall–Kier alpha value is -14.8. The third kappa shape index (κ3) is 18.3. The van der Waals surface area contributed by atoms with Crippen molar-refractivity contribution in [3.05, 3.63) is 266 Å². The predicted molar refractivity (Wildman–Crippen MR) is 479 cm³/mol. The third-order valence-electron chi connectivity index (χ3n) is 23.1. The van der Waals surface area contributed by atoms with Crippen LogP contribution in [0.5, 0.6) is 0 Å². The number of nitrogens with two attached hydrogens (primary N) is 1. The monoisotopic (exact) mass is 1810 g/mol. The van der Waals surface area contributed by atoms with Crippen LogP contribution in [0, 0.1) is 48.1 Å². The molecule has 0 bridgehead atoms. The van der Waals surface area contributed by atoms with Crippen LogP contribution in [0.15, 0.2) is 168 Å². The van der Waals surface area contributed by atoms with Crippen molar-refractivity contribution in [3.8, 4) is 6.07 Å². The molecule has 8 N–H and O–H groups in total. The van der Waals surface area contributed by atoms with Gasteiger partial charge in [0.25, 0.3) is 23.6 Å². The molecule has 666 valence electrons. The highest BCUT2D eigenvalue weighted by Gasteiger charge is 2.53. The van der Waals surface area contributed by atoms with E-state index in [1.807, 2.05) is 43.4 Å². The molecule has 0 aliphatic carbocycles. The molecule has 10 aromatic rings. The number of aryl methyl sites for hydroxylation is 3. The molecule has 0 spiro atoms. The van der Waals surface area contributed by atoms with Gasteiger partial charge in [0.15, 0.2) is 27.5 Å². The number of carboxylic acids is 1. The zero-order valence-electron chi connectivity index (χ0n) is 70.8. The van der Waals surface area contributed by atoms with E-state index in [2.05, 4.69) is 61.6 Å². The first-order chi connectivity index (χ1) is 61.9. The highest BCUT2D eigenvalue weighted by Crippen LogP contribution is 2.49. The maximum atomic E-state index is 15.5. The molecule has 2 aromatic heterocycles. The minimum Gasteiger partial charge on any atom is -0.481 e. The number of carboxylic acid groups (broad SMARTS) is 1. The largest absolute Gasteiger partial charge is 0.481 e. The van der Waals surface area contributed by atoms with Crippen LogP contribution in [-0.4, -0.2) is 141 Å². The minimum atomic E-state index is -4.88. The number of Topliss-reactive ketones (excluding diaryl/α,β-unsaturated/α-hetero) is 2. The zero-order valence-corrected chi connectivity index (χ0v) is 72.5. The molecule has 0 unspecified atom stereocenters. The number of nitrogens with zero attached hydrogens (tertiary/aromatic N) is 14. The molecule has 2 saturated heterocycles. The number of hydrogen-bond acceptors (Lipinski definition) is 20. The van der Waals surface area contributed by atoms with E-state index in [9.17, 15) is 70.0 Å². The summed E-state index contributed by atoms with van der Waals surface area (Å²) in [6, 6.07) is 36.2. The van der Waals surface area contributed by atoms with Crippen LogP contribution in [0.3, 0.4) is 0 Å². The lowest BCUT2D eigenvalue weighted by molar-refractivity contribution is -0.138. The van der Waals surface area contributed by atoms with E-state index < -0.39 is 87.3 Å². The van der Waals surface area contributed by atoms with E-state index in [1.165, 1.54) is 97.0 Å². The fraction of sp³-hybridized carbons (Fsp3) is 0.283. The number of carbonyl (C=O) groups is 8. The number of nitrogen functional groups attached to an aromatic ring is 1. The number of aliphatic imine (C=N–C) groups is 2. The highest BCUT2D eigenvalue weighted by molar-refractivity contribution is 7.81. The van der Waals surface area contributed by atoms with Crippen molar-refractivity contribution < 1.29 is 74.2 Å². The number of unbranched alkanes of at least 4 members (excludes halogenated alkanes) is 4. The quantitative estimate of drug-likeness (QED) is 0.0103. The number of hydrogen-bond donors (Lipinski definition) is 7. The van der Waals surface area contributed by atoms with Crippen molar-refractivity contribution in [2.75, 3.05) is 67.5 Å². The second kappa shape index (κ2) is 37.3. The Morgan fingerprint density at radius 1 is 0.600 bits per heavy atom. The van der Waals surface area contributed by atoms with Crippen LogP contribution < -0.4 is 51.9 Å².